The number of hydrogen-bond donors (Lipinski definition) is 3. The van der Waals surface area contributed by atoms with Gasteiger partial charge in [0.05, 0.1) is 26.4 Å². The second kappa shape index (κ2) is 74.3. The van der Waals surface area contributed by atoms with Crippen molar-refractivity contribution in [2.24, 2.45) is 0 Å². The fourth-order valence-corrected chi connectivity index (χ4v) is 14.0. The highest BCUT2D eigenvalue weighted by atomic mass is 31.2. The molecule has 0 bridgehead atoms. The second-order valence-electron chi connectivity index (χ2n) is 28.8. The average Bonchev–Trinajstić information content (AvgIpc) is 1.38. The molecule has 2 unspecified atom stereocenters. The summed E-state index contributed by atoms with van der Waals surface area (Å²) in [6.07, 6.45) is 66.6. The molecule has 0 saturated carbocycles. The lowest BCUT2D eigenvalue weighted by Gasteiger charge is -2.21. The number of phosphoric acid groups is 2. The van der Waals surface area contributed by atoms with Gasteiger partial charge in [0.15, 0.2) is 12.2 Å². The molecule has 17 nitrogen and oxygen atoms in total. The first kappa shape index (κ1) is 97.1. The molecular weight excluding hydrogens is 1290 g/mol. The van der Waals surface area contributed by atoms with E-state index < -0.39 is 97.5 Å². The topological polar surface area (TPSA) is 237 Å². The van der Waals surface area contributed by atoms with E-state index in [0.717, 1.165) is 89.9 Å². The summed E-state index contributed by atoms with van der Waals surface area (Å²) in [5.74, 6) is -2.11. The molecule has 19 heteroatoms. The molecule has 0 rings (SSSR count). The summed E-state index contributed by atoms with van der Waals surface area (Å²) in [7, 11) is -9.91. The number of unbranched alkanes of at least 4 members (excludes halogenated alkanes) is 55. The number of aliphatic hydroxyl groups excluding tert-OH is 1. The first-order valence-corrected chi connectivity index (χ1v) is 44.8. The lowest BCUT2D eigenvalue weighted by Crippen LogP contribution is -2.30. The SMILES string of the molecule is CCCCCCCCCCCCCCCCCCCCCCCCC(=O)O[C@H](COC(=O)CCCCCCCCCCCCCCCCC)COP(=O)(O)OC[C@@H](O)COP(=O)(O)OC[C@@H](COC(=O)CCCCCCCCCCCC)OC(=O)CCCCCCCCCCCCCC. The Morgan fingerprint density at radius 2 is 0.404 bits per heavy atom. The predicted molar refractivity (Wildman–Crippen MR) is 405 cm³/mol. The molecule has 0 aliphatic heterocycles. The summed E-state index contributed by atoms with van der Waals surface area (Å²) < 4.78 is 68.6. The molecule has 0 saturated heterocycles. The molecule has 99 heavy (non-hydrogen) atoms. The van der Waals surface area contributed by atoms with Crippen molar-refractivity contribution in [3.63, 3.8) is 0 Å². The lowest BCUT2D eigenvalue weighted by molar-refractivity contribution is -0.161. The molecular formula is C80H156O17P2. The van der Waals surface area contributed by atoms with Gasteiger partial charge < -0.3 is 33.8 Å². The second-order valence-corrected chi connectivity index (χ2v) is 31.7. The Bertz CT molecular complexity index is 1880. The largest absolute Gasteiger partial charge is 0.472 e. The first-order chi connectivity index (χ1) is 48.2. The van der Waals surface area contributed by atoms with E-state index in [1.165, 1.54) is 263 Å². The Hall–Kier alpha value is -1.94. The van der Waals surface area contributed by atoms with Crippen molar-refractivity contribution in [1.29, 1.82) is 0 Å². The Labute approximate surface area is 607 Å². The van der Waals surface area contributed by atoms with E-state index in [-0.39, 0.29) is 25.7 Å². The number of carbonyl (C=O) groups is 4. The highest BCUT2D eigenvalue weighted by Gasteiger charge is 2.30. The number of carbonyl (C=O) groups excluding carboxylic acids is 4. The van der Waals surface area contributed by atoms with E-state index in [1.807, 2.05) is 0 Å². The molecule has 0 radical (unpaired) electrons. The molecule has 588 valence electrons. The molecule has 0 fully saturated rings. The standard InChI is InChI=1S/C80H156O17P2/c1-5-9-13-17-21-25-29-32-34-35-36-37-38-39-40-42-44-47-51-55-59-63-67-80(85)97-76(71-91-78(83)65-61-57-53-49-46-43-41-33-30-26-22-18-14-10-6-2)73-95-99(88,89)93-69-74(81)68-92-98(86,87)94-72-75(70-90-77(82)64-60-56-52-48-28-24-20-16-12-8-4)96-79(84)66-62-58-54-50-45-31-27-23-19-15-11-7-3/h74-76,81H,5-73H2,1-4H3,(H,86,87)(H,88,89)/t74-,75+,76+/m0/s1. The summed E-state index contributed by atoms with van der Waals surface area (Å²) in [4.78, 5) is 72.9. The van der Waals surface area contributed by atoms with Gasteiger partial charge >= 0.3 is 39.5 Å². The minimum absolute atomic E-state index is 0.108. The van der Waals surface area contributed by atoms with E-state index in [0.29, 0.717) is 25.7 Å². The van der Waals surface area contributed by atoms with Crippen molar-refractivity contribution >= 4 is 39.5 Å². The van der Waals surface area contributed by atoms with Crippen LogP contribution in [0.5, 0.6) is 0 Å². The zero-order chi connectivity index (χ0) is 72.5. The van der Waals surface area contributed by atoms with Gasteiger partial charge in [0.1, 0.15) is 19.3 Å². The third-order valence-electron chi connectivity index (χ3n) is 18.9. The van der Waals surface area contributed by atoms with Gasteiger partial charge in [-0.3, -0.25) is 37.3 Å². The molecule has 0 aromatic rings. The molecule has 0 heterocycles. The van der Waals surface area contributed by atoms with E-state index in [9.17, 15) is 43.2 Å². The zero-order valence-corrected chi connectivity index (χ0v) is 66.3. The molecule has 5 atom stereocenters. The molecule has 0 amide bonds. The summed E-state index contributed by atoms with van der Waals surface area (Å²) in [5, 5.41) is 10.6. The van der Waals surface area contributed by atoms with Gasteiger partial charge in [-0.05, 0) is 25.7 Å². The van der Waals surface area contributed by atoms with Crippen LogP contribution in [-0.4, -0.2) is 96.7 Å². The Morgan fingerprint density at radius 3 is 0.596 bits per heavy atom. The van der Waals surface area contributed by atoms with E-state index >= 15 is 0 Å². The van der Waals surface area contributed by atoms with E-state index in [2.05, 4.69) is 27.7 Å². The van der Waals surface area contributed by atoms with Crippen LogP contribution in [0.4, 0.5) is 0 Å². The van der Waals surface area contributed by atoms with Crippen molar-refractivity contribution in [2.75, 3.05) is 39.6 Å². The fraction of sp³-hybridized carbons (Fsp3) is 0.950. The zero-order valence-electron chi connectivity index (χ0n) is 64.5. The van der Waals surface area contributed by atoms with Crippen LogP contribution in [0.25, 0.3) is 0 Å². The summed E-state index contributed by atoms with van der Waals surface area (Å²) in [6.45, 7) is 5.01. The van der Waals surface area contributed by atoms with Crippen molar-refractivity contribution in [3.8, 4) is 0 Å². The Morgan fingerprint density at radius 1 is 0.242 bits per heavy atom. The quantitative estimate of drug-likeness (QED) is 0.0222. The maximum absolute atomic E-state index is 13.1. The maximum atomic E-state index is 13.1. The highest BCUT2D eigenvalue weighted by molar-refractivity contribution is 7.47. The maximum Gasteiger partial charge on any atom is 0.472 e. The van der Waals surface area contributed by atoms with E-state index in [4.69, 9.17) is 37.0 Å². The molecule has 0 spiro atoms. The van der Waals surface area contributed by atoms with Crippen LogP contribution >= 0.6 is 15.6 Å². The van der Waals surface area contributed by atoms with Crippen molar-refractivity contribution < 1.29 is 80.2 Å². The molecule has 0 aromatic carbocycles. The third-order valence-corrected chi connectivity index (χ3v) is 20.8. The van der Waals surface area contributed by atoms with Crippen LogP contribution in [0.2, 0.25) is 0 Å². The summed E-state index contributed by atoms with van der Waals surface area (Å²) in [5.41, 5.74) is 0. The molecule has 0 aliphatic rings. The monoisotopic (exact) mass is 1450 g/mol. The fourth-order valence-electron chi connectivity index (χ4n) is 12.5. The van der Waals surface area contributed by atoms with E-state index in [1.54, 1.807) is 0 Å². The van der Waals surface area contributed by atoms with Crippen LogP contribution in [0, 0.1) is 0 Å². The number of ether oxygens (including phenoxy) is 4. The van der Waals surface area contributed by atoms with Crippen LogP contribution in [0.15, 0.2) is 0 Å². The Balaban J connectivity index is 5.19. The van der Waals surface area contributed by atoms with Gasteiger partial charge in [-0.15, -0.1) is 0 Å². The van der Waals surface area contributed by atoms with Gasteiger partial charge in [0.2, 0.25) is 0 Å². The number of rotatable bonds is 81. The van der Waals surface area contributed by atoms with Crippen LogP contribution < -0.4 is 0 Å². The number of phosphoric ester groups is 2. The Kier molecular flexibility index (Phi) is 72.9. The van der Waals surface area contributed by atoms with Gasteiger partial charge in [-0.2, -0.15) is 0 Å². The highest BCUT2D eigenvalue weighted by Crippen LogP contribution is 2.45. The third kappa shape index (κ3) is 74.1. The molecule has 3 N–H and O–H groups in total. The van der Waals surface area contributed by atoms with Crippen molar-refractivity contribution in [3.05, 3.63) is 0 Å². The predicted octanol–water partition coefficient (Wildman–Crippen LogP) is 24.2. The number of esters is 4. The number of hydrogen-bond acceptors (Lipinski definition) is 15. The smallest absolute Gasteiger partial charge is 0.462 e. The molecule has 0 aliphatic carbocycles. The number of aliphatic hydroxyl groups is 1. The van der Waals surface area contributed by atoms with Gasteiger partial charge in [0.25, 0.3) is 0 Å². The van der Waals surface area contributed by atoms with Gasteiger partial charge in [-0.1, -0.05) is 381 Å². The van der Waals surface area contributed by atoms with Crippen LogP contribution in [-0.2, 0) is 65.4 Å². The first-order valence-electron chi connectivity index (χ1n) is 41.8. The summed E-state index contributed by atoms with van der Waals surface area (Å²) >= 11 is 0. The average molecular weight is 1450 g/mol. The lowest BCUT2D eigenvalue weighted by atomic mass is 10.0. The van der Waals surface area contributed by atoms with Gasteiger partial charge in [-0.25, -0.2) is 9.13 Å². The van der Waals surface area contributed by atoms with Crippen molar-refractivity contribution in [1.82, 2.24) is 0 Å². The van der Waals surface area contributed by atoms with Crippen LogP contribution in [0.3, 0.4) is 0 Å². The molecule has 0 aromatic heterocycles. The van der Waals surface area contributed by atoms with Crippen molar-refractivity contribution in [2.45, 2.75) is 451 Å². The normalized spacial score (nSPS) is 13.8. The van der Waals surface area contributed by atoms with Crippen LogP contribution in [0.1, 0.15) is 432 Å². The van der Waals surface area contributed by atoms with Gasteiger partial charge in [0, 0.05) is 25.7 Å². The minimum atomic E-state index is -4.96. The summed E-state index contributed by atoms with van der Waals surface area (Å²) in [6, 6.07) is 0. The minimum Gasteiger partial charge on any atom is -0.462 e.